The fourth-order valence-corrected chi connectivity index (χ4v) is 2.87. The first kappa shape index (κ1) is 14.7. The van der Waals surface area contributed by atoms with Gasteiger partial charge in [-0.2, -0.15) is 0 Å². The number of benzene rings is 2. The number of imide groups is 1. The molecule has 1 aliphatic rings. The SMILES string of the molecule is O=C1C[C@@H](Nc2cccc(F)c2)C(=O)N1c1ccccc1Br. The largest absolute Gasteiger partial charge is 0.373 e. The molecule has 0 aromatic heterocycles. The fourth-order valence-electron chi connectivity index (χ4n) is 2.41. The molecule has 22 heavy (non-hydrogen) atoms. The van der Waals surface area contributed by atoms with Gasteiger partial charge in [0.25, 0.3) is 5.91 Å². The second kappa shape index (κ2) is 5.88. The zero-order valence-electron chi connectivity index (χ0n) is 11.4. The van der Waals surface area contributed by atoms with Crippen molar-refractivity contribution in [1.29, 1.82) is 0 Å². The average molecular weight is 363 g/mol. The van der Waals surface area contributed by atoms with E-state index in [0.29, 0.717) is 15.8 Å². The van der Waals surface area contributed by atoms with Crippen LogP contribution in [0.2, 0.25) is 0 Å². The van der Waals surface area contributed by atoms with Gasteiger partial charge < -0.3 is 5.32 Å². The molecule has 112 valence electrons. The number of halogens is 2. The van der Waals surface area contributed by atoms with Crippen molar-refractivity contribution in [1.82, 2.24) is 0 Å². The number of para-hydroxylation sites is 1. The Kier molecular flexibility index (Phi) is 3.94. The molecule has 2 aromatic rings. The smallest absolute Gasteiger partial charge is 0.256 e. The topological polar surface area (TPSA) is 49.4 Å². The van der Waals surface area contributed by atoms with Gasteiger partial charge in [-0.3, -0.25) is 9.59 Å². The first-order valence-corrected chi connectivity index (χ1v) is 7.49. The number of anilines is 2. The minimum Gasteiger partial charge on any atom is -0.373 e. The normalized spacial score (nSPS) is 17.9. The van der Waals surface area contributed by atoms with Crippen LogP contribution in [0.5, 0.6) is 0 Å². The summed E-state index contributed by atoms with van der Waals surface area (Å²) in [5.74, 6) is -1.03. The number of carbonyl (C=O) groups is 2. The number of amides is 2. The van der Waals surface area contributed by atoms with Crippen molar-refractivity contribution >= 4 is 39.1 Å². The molecule has 0 radical (unpaired) electrons. The Morgan fingerprint density at radius 3 is 2.64 bits per heavy atom. The van der Waals surface area contributed by atoms with E-state index in [9.17, 15) is 14.0 Å². The maximum atomic E-state index is 13.2. The maximum Gasteiger partial charge on any atom is 0.256 e. The highest BCUT2D eigenvalue weighted by molar-refractivity contribution is 9.10. The highest BCUT2D eigenvalue weighted by Gasteiger charge is 2.40. The molecule has 4 nitrogen and oxygen atoms in total. The van der Waals surface area contributed by atoms with E-state index in [2.05, 4.69) is 21.2 Å². The Labute approximate surface area is 135 Å². The summed E-state index contributed by atoms with van der Waals surface area (Å²) < 4.78 is 13.9. The molecule has 3 rings (SSSR count). The maximum absolute atomic E-state index is 13.2. The lowest BCUT2D eigenvalue weighted by Gasteiger charge is -2.17. The van der Waals surface area contributed by atoms with E-state index < -0.39 is 11.9 Å². The molecule has 0 unspecified atom stereocenters. The van der Waals surface area contributed by atoms with Crippen LogP contribution in [-0.2, 0) is 9.59 Å². The van der Waals surface area contributed by atoms with Crippen molar-refractivity contribution in [2.45, 2.75) is 12.5 Å². The number of hydrogen-bond donors (Lipinski definition) is 1. The molecule has 2 aromatic carbocycles. The van der Waals surface area contributed by atoms with Gasteiger partial charge in [0.05, 0.1) is 12.1 Å². The van der Waals surface area contributed by atoms with Crippen LogP contribution in [0.3, 0.4) is 0 Å². The molecule has 1 N–H and O–H groups in total. The minimum atomic E-state index is -0.693. The average Bonchev–Trinajstić information content (AvgIpc) is 2.74. The summed E-state index contributed by atoms with van der Waals surface area (Å²) in [6.45, 7) is 0. The Morgan fingerprint density at radius 1 is 1.14 bits per heavy atom. The van der Waals surface area contributed by atoms with Crippen molar-refractivity contribution in [2.75, 3.05) is 10.2 Å². The third-order valence-electron chi connectivity index (χ3n) is 3.41. The molecule has 6 heteroatoms. The number of carbonyl (C=O) groups excluding carboxylic acids is 2. The third-order valence-corrected chi connectivity index (χ3v) is 4.08. The molecule has 0 bridgehead atoms. The summed E-state index contributed by atoms with van der Waals surface area (Å²) in [6, 6.07) is 12.1. The molecule has 1 fully saturated rings. The van der Waals surface area contributed by atoms with Gasteiger partial charge in [-0.1, -0.05) is 18.2 Å². The monoisotopic (exact) mass is 362 g/mol. The molecule has 1 saturated heterocycles. The van der Waals surface area contributed by atoms with Gasteiger partial charge in [0.1, 0.15) is 11.9 Å². The van der Waals surface area contributed by atoms with Gasteiger partial charge in [0.15, 0.2) is 0 Å². The lowest BCUT2D eigenvalue weighted by Crippen LogP contribution is -2.35. The predicted molar refractivity (Wildman–Crippen MR) is 85.1 cm³/mol. The van der Waals surface area contributed by atoms with Crippen LogP contribution in [0.25, 0.3) is 0 Å². The Balaban J connectivity index is 1.84. The van der Waals surface area contributed by atoms with E-state index in [0.717, 1.165) is 4.90 Å². The molecule has 0 spiro atoms. The summed E-state index contributed by atoms with van der Waals surface area (Å²) in [6.07, 6.45) is 0.0384. The van der Waals surface area contributed by atoms with Gasteiger partial charge in [0, 0.05) is 10.2 Å². The molecule has 1 aliphatic heterocycles. The number of nitrogens with zero attached hydrogens (tertiary/aromatic N) is 1. The van der Waals surface area contributed by atoms with E-state index in [4.69, 9.17) is 0 Å². The zero-order chi connectivity index (χ0) is 15.7. The first-order valence-electron chi connectivity index (χ1n) is 6.69. The summed E-state index contributed by atoms with van der Waals surface area (Å²) in [4.78, 5) is 25.8. The number of rotatable bonds is 3. The first-order chi connectivity index (χ1) is 10.6. The standard InChI is InChI=1S/C16H12BrFN2O2/c17-12-6-1-2-7-14(12)20-15(21)9-13(16(20)22)19-11-5-3-4-10(18)8-11/h1-8,13,19H,9H2/t13-/m1/s1. The van der Waals surface area contributed by atoms with Gasteiger partial charge in [0.2, 0.25) is 5.91 Å². The van der Waals surface area contributed by atoms with Crippen molar-refractivity contribution in [2.24, 2.45) is 0 Å². The highest BCUT2D eigenvalue weighted by Crippen LogP contribution is 2.31. The summed E-state index contributed by atoms with van der Waals surface area (Å²) in [5.41, 5.74) is 0.987. The molecule has 0 saturated carbocycles. The Morgan fingerprint density at radius 2 is 1.91 bits per heavy atom. The van der Waals surface area contributed by atoms with E-state index in [1.54, 1.807) is 36.4 Å². The Hall–Kier alpha value is -2.21. The van der Waals surface area contributed by atoms with Crippen LogP contribution in [0, 0.1) is 5.82 Å². The predicted octanol–water partition coefficient (Wildman–Crippen LogP) is 3.33. The molecular weight excluding hydrogens is 351 g/mol. The van der Waals surface area contributed by atoms with Crippen molar-refractivity contribution < 1.29 is 14.0 Å². The van der Waals surface area contributed by atoms with E-state index in [-0.39, 0.29) is 18.2 Å². The van der Waals surface area contributed by atoms with Gasteiger partial charge in [-0.25, -0.2) is 9.29 Å². The van der Waals surface area contributed by atoms with Crippen molar-refractivity contribution in [3.8, 4) is 0 Å². The van der Waals surface area contributed by atoms with Gasteiger partial charge in [-0.15, -0.1) is 0 Å². The Bertz CT molecular complexity index is 750. The van der Waals surface area contributed by atoms with Crippen LogP contribution >= 0.6 is 15.9 Å². The molecule has 1 atom stereocenters. The number of nitrogens with one attached hydrogen (secondary N) is 1. The van der Waals surface area contributed by atoms with E-state index >= 15 is 0 Å². The van der Waals surface area contributed by atoms with Gasteiger partial charge >= 0.3 is 0 Å². The second-order valence-corrected chi connectivity index (χ2v) is 5.78. The zero-order valence-corrected chi connectivity index (χ0v) is 13.0. The quantitative estimate of drug-likeness (QED) is 0.852. The van der Waals surface area contributed by atoms with Crippen LogP contribution < -0.4 is 10.2 Å². The minimum absolute atomic E-state index is 0.0384. The van der Waals surface area contributed by atoms with Crippen LogP contribution in [0.15, 0.2) is 53.0 Å². The highest BCUT2D eigenvalue weighted by atomic mass is 79.9. The lowest BCUT2D eigenvalue weighted by atomic mass is 10.2. The second-order valence-electron chi connectivity index (χ2n) is 4.93. The molecule has 2 amide bonds. The summed E-state index contributed by atoms with van der Waals surface area (Å²) >= 11 is 3.34. The van der Waals surface area contributed by atoms with Crippen LogP contribution in [0.4, 0.5) is 15.8 Å². The fraction of sp³-hybridized carbons (Fsp3) is 0.125. The van der Waals surface area contributed by atoms with Crippen molar-refractivity contribution in [3.05, 3.63) is 58.8 Å². The van der Waals surface area contributed by atoms with E-state index in [1.165, 1.54) is 12.1 Å². The summed E-state index contributed by atoms with van der Waals surface area (Å²) in [7, 11) is 0. The number of hydrogen-bond acceptors (Lipinski definition) is 3. The van der Waals surface area contributed by atoms with Gasteiger partial charge in [-0.05, 0) is 46.3 Å². The molecular formula is C16H12BrFN2O2. The lowest BCUT2D eigenvalue weighted by molar-refractivity contribution is -0.121. The van der Waals surface area contributed by atoms with Crippen molar-refractivity contribution in [3.63, 3.8) is 0 Å². The van der Waals surface area contributed by atoms with E-state index in [1.807, 2.05) is 0 Å². The molecule has 1 heterocycles. The van der Waals surface area contributed by atoms with Crippen LogP contribution in [-0.4, -0.2) is 17.9 Å². The summed E-state index contributed by atoms with van der Waals surface area (Å²) in [5, 5.41) is 2.91. The van der Waals surface area contributed by atoms with Crippen LogP contribution in [0.1, 0.15) is 6.42 Å². The third kappa shape index (κ3) is 2.74. The molecule has 0 aliphatic carbocycles.